The Balaban J connectivity index is 4.26. The number of carbonyl (C=O) groups excluding carboxylic acids is 2. The highest BCUT2D eigenvalue weighted by atomic mass is 16.5. The number of hydrogen-bond acceptors (Lipinski definition) is 5. The summed E-state index contributed by atoms with van der Waals surface area (Å²) in [6, 6.07) is -0.523. The molecule has 1 atom stereocenters. The maximum atomic E-state index is 12.0. The van der Waals surface area contributed by atoms with Gasteiger partial charge in [-0.1, -0.05) is 0 Å². The van der Waals surface area contributed by atoms with E-state index in [9.17, 15) is 9.59 Å². The molecule has 0 spiro atoms. The second kappa shape index (κ2) is 9.71. The number of nitrogens with one attached hydrogen (secondary N) is 1. The highest BCUT2D eigenvalue weighted by Crippen LogP contribution is 1.99. The van der Waals surface area contributed by atoms with E-state index >= 15 is 0 Å². The van der Waals surface area contributed by atoms with Crippen molar-refractivity contribution in [1.82, 2.24) is 15.1 Å². The quantitative estimate of drug-likeness (QED) is 0.502. The molecule has 0 aliphatic heterocycles. The van der Waals surface area contributed by atoms with Crippen molar-refractivity contribution < 1.29 is 19.4 Å². The molecule has 0 radical (unpaired) electrons. The van der Waals surface area contributed by atoms with Crippen LogP contribution in [-0.4, -0.2) is 86.8 Å². The van der Waals surface area contributed by atoms with Crippen LogP contribution in [0.25, 0.3) is 0 Å². The third kappa shape index (κ3) is 7.76. The molecule has 2 amide bonds. The number of nitrogens with zero attached hydrogens (tertiary/aromatic N) is 2. The van der Waals surface area contributed by atoms with E-state index in [4.69, 9.17) is 9.84 Å². The van der Waals surface area contributed by atoms with Crippen molar-refractivity contribution in [2.45, 2.75) is 13.0 Å². The topological polar surface area (TPSA) is 82.1 Å². The summed E-state index contributed by atoms with van der Waals surface area (Å²) in [6.07, 6.45) is 0. The molecular weight excluding hydrogens is 250 g/mol. The van der Waals surface area contributed by atoms with Crippen molar-refractivity contribution >= 4 is 11.8 Å². The molecule has 0 heterocycles. The molecule has 0 aromatic carbocycles. The first-order valence-corrected chi connectivity index (χ1v) is 6.24. The Morgan fingerprint density at radius 3 is 2.37 bits per heavy atom. The molecule has 0 saturated heterocycles. The van der Waals surface area contributed by atoms with Crippen molar-refractivity contribution in [3.63, 3.8) is 0 Å². The van der Waals surface area contributed by atoms with Crippen LogP contribution in [0.4, 0.5) is 0 Å². The Labute approximate surface area is 114 Å². The van der Waals surface area contributed by atoms with Gasteiger partial charge >= 0.3 is 0 Å². The molecule has 7 nitrogen and oxygen atoms in total. The van der Waals surface area contributed by atoms with Crippen LogP contribution in [0.2, 0.25) is 0 Å². The molecule has 0 rings (SSSR count). The first kappa shape index (κ1) is 17.8. The molecule has 0 aromatic heterocycles. The number of aliphatic hydroxyl groups is 1. The molecule has 0 fully saturated rings. The molecule has 112 valence electrons. The summed E-state index contributed by atoms with van der Waals surface area (Å²) in [5, 5.41) is 11.3. The Kier molecular flexibility index (Phi) is 9.11. The smallest absolute Gasteiger partial charge is 0.244 e. The molecule has 19 heavy (non-hydrogen) atoms. The Hall–Kier alpha value is -1.18. The van der Waals surface area contributed by atoms with Crippen LogP contribution in [0.3, 0.4) is 0 Å². The number of amides is 2. The van der Waals surface area contributed by atoms with E-state index in [-0.39, 0.29) is 25.0 Å². The average Bonchev–Trinajstić information content (AvgIpc) is 2.34. The van der Waals surface area contributed by atoms with E-state index in [0.29, 0.717) is 19.7 Å². The maximum Gasteiger partial charge on any atom is 0.244 e. The van der Waals surface area contributed by atoms with E-state index in [1.165, 1.54) is 11.8 Å². The number of ether oxygens (including phenoxy) is 1. The van der Waals surface area contributed by atoms with Gasteiger partial charge in [0.1, 0.15) is 6.04 Å². The van der Waals surface area contributed by atoms with Gasteiger partial charge in [-0.2, -0.15) is 0 Å². The maximum absolute atomic E-state index is 12.0. The molecule has 0 saturated carbocycles. The van der Waals surface area contributed by atoms with Crippen LogP contribution < -0.4 is 5.32 Å². The van der Waals surface area contributed by atoms with E-state index < -0.39 is 6.04 Å². The number of carbonyl (C=O) groups is 2. The van der Waals surface area contributed by atoms with Gasteiger partial charge in [-0.15, -0.1) is 0 Å². The van der Waals surface area contributed by atoms with E-state index in [0.717, 1.165) is 0 Å². The van der Waals surface area contributed by atoms with Crippen LogP contribution in [0, 0.1) is 0 Å². The number of hydrogen-bond donors (Lipinski definition) is 2. The largest absolute Gasteiger partial charge is 0.394 e. The highest BCUT2D eigenvalue weighted by Gasteiger charge is 2.25. The zero-order valence-electron chi connectivity index (χ0n) is 12.2. The SMILES string of the molecule is CC(=O)N(C)C(CN(C)C)C(=O)NCCOCCO. The van der Waals surface area contributed by atoms with Gasteiger partial charge in [0.05, 0.1) is 19.8 Å². The zero-order chi connectivity index (χ0) is 14.8. The van der Waals surface area contributed by atoms with E-state index in [1.54, 1.807) is 7.05 Å². The molecule has 7 heteroatoms. The molecule has 1 unspecified atom stereocenters. The average molecular weight is 275 g/mol. The van der Waals surface area contributed by atoms with Crippen LogP contribution in [0.1, 0.15) is 6.92 Å². The van der Waals surface area contributed by atoms with Gasteiger partial charge in [-0.05, 0) is 14.1 Å². The molecule has 0 aromatic rings. The minimum atomic E-state index is -0.523. The lowest BCUT2D eigenvalue weighted by Gasteiger charge is -2.28. The highest BCUT2D eigenvalue weighted by molar-refractivity contribution is 5.86. The predicted octanol–water partition coefficient (Wildman–Crippen LogP) is -1.48. The van der Waals surface area contributed by atoms with Gasteiger partial charge in [-0.25, -0.2) is 0 Å². The lowest BCUT2D eigenvalue weighted by atomic mass is 10.2. The van der Waals surface area contributed by atoms with Crippen LogP contribution in [0.15, 0.2) is 0 Å². The second-order valence-electron chi connectivity index (χ2n) is 4.53. The van der Waals surface area contributed by atoms with Crippen molar-refractivity contribution in [1.29, 1.82) is 0 Å². The fourth-order valence-electron chi connectivity index (χ4n) is 1.48. The fourth-order valence-corrected chi connectivity index (χ4v) is 1.48. The normalized spacial score (nSPS) is 12.3. The number of likely N-dealkylation sites (N-methyl/N-ethyl adjacent to an activating group) is 2. The summed E-state index contributed by atoms with van der Waals surface area (Å²) in [4.78, 5) is 26.7. The van der Waals surface area contributed by atoms with Crippen molar-refractivity contribution in [2.75, 3.05) is 54.1 Å². The Morgan fingerprint density at radius 1 is 1.26 bits per heavy atom. The number of aliphatic hydroxyl groups excluding tert-OH is 1. The standard InChI is InChI=1S/C12H25N3O4/c1-10(17)15(4)11(9-14(2)3)12(18)13-5-7-19-8-6-16/h11,16H,5-9H2,1-4H3,(H,13,18). The molecule has 0 aliphatic carbocycles. The molecular formula is C12H25N3O4. The van der Waals surface area contributed by atoms with Gasteiger partial charge in [0, 0.05) is 27.1 Å². The van der Waals surface area contributed by atoms with Crippen molar-refractivity contribution in [2.24, 2.45) is 0 Å². The molecule has 2 N–H and O–H groups in total. The minimum absolute atomic E-state index is 0.0374. The van der Waals surface area contributed by atoms with Crippen molar-refractivity contribution in [3.8, 4) is 0 Å². The van der Waals surface area contributed by atoms with E-state index in [1.807, 2.05) is 19.0 Å². The summed E-state index contributed by atoms with van der Waals surface area (Å²) in [5.41, 5.74) is 0. The summed E-state index contributed by atoms with van der Waals surface area (Å²) in [6.45, 7) is 2.80. The van der Waals surface area contributed by atoms with Crippen molar-refractivity contribution in [3.05, 3.63) is 0 Å². The summed E-state index contributed by atoms with van der Waals surface area (Å²) >= 11 is 0. The lowest BCUT2D eigenvalue weighted by molar-refractivity contribution is -0.138. The Morgan fingerprint density at radius 2 is 1.89 bits per heavy atom. The lowest BCUT2D eigenvalue weighted by Crippen LogP contribution is -2.52. The number of rotatable bonds is 9. The zero-order valence-corrected chi connectivity index (χ0v) is 12.2. The summed E-state index contributed by atoms with van der Waals surface area (Å²) in [7, 11) is 5.30. The van der Waals surface area contributed by atoms with E-state index in [2.05, 4.69) is 5.32 Å². The van der Waals surface area contributed by atoms with Gasteiger partial charge in [-0.3, -0.25) is 9.59 Å². The predicted molar refractivity (Wildman–Crippen MR) is 71.7 cm³/mol. The Bertz CT molecular complexity index is 284. The van der Waals surface area contributed by atoms with Gasteiger partial charge in [0.15, 0.2) is 0 Å². The summed E-state index contributed by atoms with van der Waals surface area (Å²) in [5.74, 6) is -0.363. The first-order chi connectivity index (χ1) is 8.90. The minimum Gasteiger partial charge on any atom is -0.394 e. The first-order valence-electron chi connectivity index (χ1n) is 6.24. The van der Waals surface area contributed by atoms with Crippen LogP contribution in [0.5, 0.6) is 0 Å². The van der Waals surface area contributed by atoms with Gasteiger partial charge < -0.3 is 25.0 Å². The fraction of sp³-hybridized carbons (Fsp3) is 0.833. The van der Waals surface area contributed by atoms with Crippen LogP contribution in [-0.2, 0) is 14.3 Å². The van der Waals surface area contributed by atoms with Gasteiger partial charge in [0.25, 0.3) is 0 Å². The van der Waals surface area contributed by atoms with Gasteiger partial charge in [0.2, 0.25) is 11.8 Å². The third-order valence-electron chi connectivity index (χ3n) is 2.59. The monoisotopic (exact) mass is 275 g/mol. The third-order valence-corrected chi connectivity index (χ3v) is 2.59. The second-order valence-corrected chi connectivity index (χ2v) is 4.53. The van der Waals surface area contributed by atoms with Crippen LogP contribution >= 0.6 is 0 Å². The summed E-state index contributed by atoms with van der Waals surface area (Å²) < 4.78 is 5.05. The molecule has 0 bridgehead atoms. The molecule has 0 aliphatic rings.